The Morgan fingerprint density at radius 1 is 1.40 bits per heavy atom. The molecule has 0 spiro atoms. The van der Waals surface area contributed by atoms with Crippen LogP contribution in [0.4, 0.5) is 5.69 Å². The van der Waals surface area contributed by atoms with E-state index in [9.17, 15) is 13.5 Å². The van der Waals surface area contributed by atoms with E-state index >= 15 is 0 Å². The fraction of sp³-hybridized carbons (Fsp3) is 0.333. The molecule has 0 aliphatic carbocycles. The highest BCUT2D eigenvalue weighted by atomic mass is 32.2. The highest BCUT2D eigenvalue weighted by molar-refractivity contribution is 7.91. The topological polar surface area (TPSA) is 119 Å². The van der Waals surface area contributed by atoms with Crippen molar-refractivity contribution in [3.63, 3.8) is 0 Å². The predicted molar refractivity (Wildman–Crippen MR) is 71.8 cm³/mol. The number of benzene rings is 1. The molecule has 1 unspecified atom stereocenters. The van der Waals surface area contributed by atoms with Crippen molar-refractivity contribution in [2.24, 2.45) is 0 Å². The van der Waals surface area contributed by atoms with Crippen molar-refractivity contribution in [3.05, 3.63) is 24.0 Å². The third-order valence-electron chi connectivity index (χ3n) is 3.32. The molecule has 3 N–H and O–H groups in total. The lowest BCUT2D eigenvalue weighted by atomic mass is 10.1. The Morgan fingerprint density at radius 3 is 2.85 bits per heavy atom. The molecule has 20 heavy (non-hydrogen) atoms. The number of anilines is 1. The van der Waals surface area contributed by atoms with Gasteiger partial charge in [-0.3, -0.25) is 0 Å². The zero-order chi connectivity index (χ0) is 14.3. The largest absolute Gasteiger partial charge is 0.506 e. The quantitative estimate of drug-likeness (QED) is 0.624. The van der Waals surface area contributed by atoms with Crippen LogP contribution in [-0.2, 0) is 9.84 Å². The Morgan fingerprint density at radius 2 is 2.20 bits per heavy atom. The molecule has 1 aliphatic rings. The van der Waals surface area contributed by atoms with Crippen molar-refractivity contribution in [1.29, 1.82) is 0 Å². The van der Waals surface area contributed by atoms with Crippen LogP contribution in [0.15, 0.2) is 22.7 Å². The van der Waals surface area contributed by atoms with Gasteiger partial charge >= 0.3 is 0 Å². The van der Waals surface area contributed by atoms with Crippen LogP contribution in [-0.4, -0.2) is 35.2 Å². The average Bonchev–Trinajstić information content (AvgIpc) is 2.99. The average molecular weight is 295 g/mol. The van der Waals surface area contributed by atoms with E-state index in [2.05, 4.69) is 10.1 Å². The minimum absolute atomic E-state index is 0.0545. The van der Waals surface area contributed by atoms with Crippen molar-refractivity contribution >= 4 is 15.5 Å². The van der Waals surface area contributed by atoms with E-state index in [4.69, 9.17) is 10.3 Å². The van der Waals surface area contributed by atoms with Crippen molar-refractivity contribution in [1.82, 2.24) is 10.1 Å². The smallest absolute Gasteiger partial charge is 0.258 e. The highest BCUT2D eigenvalue weighted by Gasteiger charge is 2.32. The number of phenolic OH excluding ortho intramolecular Hbond substituents is 1. The molecule has 1 atom stereocenters. The lowest BCUT2D eigenvalue weighted by molar-refractivity contribution is 0.417. The Labute approximate surface area is 115 Å². The molecule has 7 nitrogen and oxygen atoms in total. The summed E-state index contributed by atoms with van der Waals surface area (Å²) in [5.41, 5.74) is 6.32. The van der Waals surface area contributed by atoms with E-state index in [1.165, 1.54) is 12.1 Å². The number of rotatable bonds is 2. The van der Waals surface area contributed by atoms with Crippen molar-refractivity contribution < 1.29 is 18.0 Å². The van der Waals surface area contributed by atoms with Gasteiger partial charge in [-0.15, -0.1) is 0 Å². The predicted octanol–water partition coefficient (Wildman–Crippen LogP) is 0.927. The first kappa shape index (κ1) is 12.9. The zero-order valence-corrected chi connectivity index (χ0v) is 11.3. The van der Waals surface area contributed by atoms with E-state index in [0.717, 1.165) is 0 Å². The summed E-state index contributed by atoms with van der Waals surface area (Å²) in [5, 5.41) is 13.4. The molecule has 0 amide bonds. The zero-order valence-electron chi connectivity index (χ0n) is 10.5. The molecule has 1 fully saturated rings. The summed E-state index contributed by atoms with van der Waals surface area (Å²) in [5.74, 6) is 0.547. The normalized spacial score (nSPS) is 21.1. The van der Waals surface area contributed by atoms with Gasteiger partial charge in [0, 0.05) is 11.5 Å². The first-order valence-corrected chi connectivity index (χ1v) is 7.90. The van der Waals surface area contributed by atoms with Gasteiger partial charge in [-0.2, -0.15) is 4.98 Å². The van der Waals surface area contributed by atoms with Crippen LogP contribution in [0.1, 0.15) is 18.2 Å². The number of nitrogens with two attached hydrogens (primary N) is 1. The van der Waals surface area contributed by atoms with Gasteiger partial charge in [-0.05, 0) is 24.6 Å². The lowest BCUT2D eigenvalue weighted by Gasteiger charge is -2.00. The molecular formula is C12H13N3O4S. The van der Waals surface area contributed by atoms with Crippen LogP contribution < -0.4 is 5.73 Å². The van der Waals surface area contributed by atoms with Gasteiger partial charge in [-0.25, -0.2) is 8.42 Å². The Hall–Kier alpha value is -2.09. The van der Waals surface area contributed by atoms with Gasteiger partial charge < -0.3 is 15.4 Å². The molecule has 1 aliphatic heterocycles. The van der Waals surface area contributed by atoms with E-state index in [-0.39, 0.29) is 34.8 Å². The SMILES string of the molecule is Nc1ccc(-c2nc(C3CCS(=O)(=O)C3)no2)cc1O. The standard InChI is InChI=1S/C12H13N3O4S/c13-9-2-1-7(5-10(9)16)12-14-11(15-19-12)8-3-4-20(17,18)6-8/h1-2,5,8,16H,3-4,6,13H2. The van der Waals surface area contributed by atoms with Gasteiger partial charge in [0.15, 0.2) is 15.7 Å². The molecule has 1 aromatic carbocycles. The summed E-state index contributed by atoms with van der Waals surface area (Å²) in [7, 11) is -2.99. The van der Waals surface area contributed by atoms with Crippen molar-refractivity contribution in [2.75, 3.05) is 17.2 Å². The van der Waals surface area contributed by atoms with E-state index < -0.39 is 9.84 Å². The number of hydrogen-bond acceptors (Lipinski definition) is 7. The van der Waals surface area contributed by atoms with Crippen molar-refractivity contribution in [3.8, 4) is 17.2 Å². The van der Waals surface area contributed by atoms with Gasteiger partial charge in [-0.1, -0.05) is 5.16 Å². The number of sulfone groups is 1. The van der Waals surface area contributed by atoms with Crippen LogP contribution in [0.2, 0.25) is 0 Å². The summed E-state index contributed by atoms with van der Waals surface area (Å²) in [6, 6.07) is 4.62. The lowest BCUT2D eigenvalue weighted by Crippen LogP contribution is -2.05. The van der Waals surface area contributed by atoms with Crippen LogP contribution in [0.5, 0.6) is 5.75 Å². The van der Waals surface area contributed by atoms with E-state index in [1.54, 1.807) is 6.07 Å². The number of aromatic nitrogens is 2. The molecular weight excluding hydrogens is 282 g/mol. The maximum atomic E-state index is 11.4. The van der Waals surface area contributed by atoms with Gasteiger partial charge in [0.05, 0.1) is 17.2 Å². The number of nitrogens with zero attached hydrogens (tertiary/aromatic N) is 2. The number of aromatic hydroxyl groups is 1. The fourth-order valence-corrected chi connectivity index (χ4v) is 3.93. The fourth-order valence-electron chi connectivity index (χ4n) is 2.19. The molecule has 0 bridgehead atoms. The molecule has 0 saturated carbocycles. The Kier molecular flexibility index (Phi) is 2.89. The second kappa shape index (κ2) is 4.48. The molecule has 1 saturated heterocycles. The third kappa shape index (κ3) is 2.34. The number of nitrogen functional groups attached to an aromatic ring is 1. The minimum atomic E-state index is -2.99. The molecule has 3 rings (SSSR count). The van der Waals surface area contributed by atoms with Crippen LogP contribution in [0.25, 0.3) is 11.5 Å². The Balaban J connectivity index is 1.89. The maximum Gasteiger partial charge on any atom is 0.258 e. The van der Waals surface area contributed by atoms with Gasteiger partial charge in [0.1, 0.15) is 5.75 Å². The van der Waals surface area contributed by atoms with Gasteiger partial charge in [0.2, 0.25) is 0 Å². The summed E-state index contributed by atoms with van der Waals surface area (Å²) in [6.45, 7) is 0. The molecule has 106 valence electrons. The second-order valence-electron chi connectivity index (χ2n) is 4.83. The van der Waals surface area contributed by atoms with Crippen molar-refractivity contribution in [2.45, 2.75) is 12.3 Å². The first-order valence-electron chi connectivity index (χ1n) is 6.07. The second-order valence-corrected chi connectivity index (χ2v) is 7.06. The van der Waals surface area contributed by atoms with Gasteiger partial charge in [0.25, 0.3) is 5.89 Å². The molecule has 2 aromatic rings. The molecule has 1 aromatic heterocycles. The highest BCUT2D eigenvalue weighted by Crippen LogP contribution is 2.30. The Bertz CT molecular complexity index is 754. The monoisotopic (exact) mass is 295 g/mol. The number of phenols is 1. The van der Waals surface area contributed by atoms with Crippen LogP contribution >= 0.6 is 0 Å². The summed E-state index contributed by atoms with van der Waals surface area (Å²) >= 11 is 0. The summed E-state index contributed by atoms with van der Waals surface area (Å²) in [6.07, 6.45) is 0.508. The van der Waals surface area contributed by atoms with Crippen LogP contribution in [0.3, 0.4) is 0 Å². The van der Waals surface area contributed by atoms with E-state index in [1.807, 2.05) is 0 Å². The summed E-state index contributed by atoms with van der Waals surface area (Å²) < 4.78 is 28.0. The molecule has 8 heteroatoms. The first-order chi connectivity index (χ1) is 9.44. The molecule has 0 radical (unpaired) electrons. The molecule has 2 heterocycles. The minimum Gasteiger partial charge on any atom is -0.506 e. The summed E-state index contributed by atoms with van der Waals surface area (Å²) in [4.78, 5) is 4.20. The third-order valence-corrected chi connectivity index (χ3v) is 5.08. The number of hydrogen-bond donors (Lipinski definition) is 2. The van der Waals surface area contributed by atoms with E-state index in [0.29, 0.717) is 17.8 Å². The van der Waals surface area contributed by atoms with Crippen LogP contribution in [0, 0.1) is 0 Å². The maximum absolute atomic E-state index is 11.4.